The summed E-state index contributed by atoms with van der Waals surface area (Å²) in [7, 11) is -3.25. The maximum atomic E-state index is 12.1. The van der Waals surface area contributed by atoms with E-state index in [-0.39, 0.29) is 5.75 Å². The van der Waals surface area contributed by atoms with Crippen molar-refractivity contribution < 1.29 is 8.42 Å². The smallest absolute Gasteiger partial charge is 0.235 e. The van der Waals surface area contributed by atoms with Crippen LogP contribution in [0.2, 0.25) is 0 Å². The van der Waals surface area contributed by atoms with E-state index in [4.69, 9.17) is 11.6 Å². The van der Waals surface area contributed by atoms with E-state index in [9.17, 15) is 8.42 Å². The van der Waals surface area contributed by atoms with Crippen molar-refractivity contribution in [1.82, 2.24) is 4.98 Å². The first-order valence-electron chi connectivity index (χ1n) is 5.58. The van der Waals surface area contributed by atoms with Crippen LogP contribution < -0.4 is 4.31 Å². The molecule has 0 spiro atoms. The van der Waals surface area contributed by atoms with Gasteiger partial charge in [-0.25, -0.2) is 8.42 Å². The lowest BCUT2D eigenvalue weighted by Crippen LogP contribution is -2.32. The highest BCUT2D eigenvalue weighted by Gasteiger charge is 2.20. The van der Waals surface area contributed by atoms with Crippen molar-refractivity contribution in [2.24, 2.45) is 0 Å². The highest BCUT2D eigenvalue weighted by atomic mass is 35.5. The third-order valence-electron chi connectivity index (χ3n) is 2.36. The van der Waals surface area contributed by atoms with E-state index in [1.54, 1.807) is 24.5 Å². The molecule has 0 aliphatic rings. The zero-order valence-electron chi connectivity index (χ0n) is 9.84. The molecule has 0 fully saturated rings. The number of nitrogens with zero attached hydrogens (tertiary/aromatic N) is 2. The number of hydrogen-bond donors (Lipinski definition) is 0. The fourth-order valence-corrected chi connectivity index (χ4v) is 3.35. The molecule has 1 aromatic rings. The number of rotatable bonds is 7. The monoisotopic (exact) mass is 276 g/mol. The van der Waals surface area contributed by atoms with Gasteiger partial charge in [0.2, 0.25) is 10.0 Å². The van der Waals surface area contributed by atoms with Crippen molar-refractivity contribution in [3.63, 3.8) is 0 Å². The average molecular weight is 277 g/mol. The van der Waals surface area contributed by atoms with Gasteiger partial charge in [0.15, 0.2) is 0 Å². The van der Waals surface area contributed by atoms with E-state index in [0.29, 0.717) is 31.0 Å². The zero-order chi connectivity index (χ0) is 12.7. The first kappa shape index (κ1) is 14.3. The van der Waals surface area contributed by atoms with Crippen LogP contribution in [-0.2, 0) is 10.0 Å². The second-order valence-corrected chi connectivity index (χ2v) is 5.97. The van der Waals surface area contributed by atoms with Crippen LogP contribution in [0.5, 0.6) is 0 Å². The number of unbranched alkanes of at least 4 members (excludes halogenated alkanes) is 1. The molecule has 1 heterocycles. The van der Waals surface area contributed by atoms with Gasteiger partial charge in [0, 0.05) is 24.8 Å². The molecule has 0 atom stereocenters. The molecular formula is C11H17ClN2O2S. The maximum Gasteiger partial charge on any atom is 0.235 e. The van der Waals surface area contributed by atoms with Gasteiger partial charge in [-0.2, -0.15) is 0 Å². The zero-order valence-corrected chi connectivity index (χ0v) is 11.4. The van der Waals surface area contributed by atoms with Gasteiger partial charge in [-0.1, -0.05) is 0 Å². The van der Waals surface area contributed by atoms with E-state index in [2.05, 4.69) is 4.98 Å². The van der Waals surface area contributed by atoms with Gasteiger partial charge in [-0.05, 0) is 31.9 Å². The first-order valence-corrected chi connectivity index (χ1v) is 7.72. The van der Waals surface area contributed by atoms with Crippen LogP contribution in [0, 0.1) is 0 Å². The third-order valence-corrected chi connectivity index (χ3v) is 4.57. The summed E-state index contributed by atoms with van der Waals surface area (Å²) in [6, 6.07) is 3.39. The fraction of sp³-hybridized carbons (Fsp3) is 0.545. The van der Waals surface area contributed by atoms with E-state index >= 15 is 0 Å². The second kappa shape index (κ2) is 6.81. The Morgan fingerprint density at radius 1 is 1.29 bits per heavy atom. The van der Waals surface area contributed by atoms with Gasteiger partial charge < -0.3 is 0 Å². The predicted molar refractivity (Wildman–Crippen MR) is 71.0 cm³/mol. The van der Waals surface area contributed by atoms with Gasteiger partial charge in [-0.3, -0.25) is 9.29 Å². The molecule has 0 amide bonds. The summed E-state index contributed by atoms with van der Waals surface area (Å²) in [4.78, 5) is 3.88. The first-order chi connectivity index (χ1) is 8.11. The molecule has 0 aromatic carbocycles. The molecule has 0 saturated carbocycles. The quantitative estimate of drug-likeness (QED) is 0.567. The molecule has 0 saturated heterocycles. The molecule has 1 rings (SSSR count). The normalized spacial score (nSPS) is 11.4. The van der Waals surface area contributed by atoms with Crippen molar-refractivity contribution in [2.75, 3.05) is 22.5 Å². The van der Waals surface area contributed by atoms with Crippen LogP contribution in [0.25, 0.3) is 0 Å². The minimum Gasteiger partial charge on any atom is -0.270 e. The Hall–Kier alpha value is -0.810. The van der Waals surface area contributed by atoms with Crippen molar-refractivity contribution in [2.45, 2.75) is 19.8 Å². The van der Waals surface area contributed by atoms with E-state index in [1.807, 2.05) is 6.92 Å². The molecule has 0 unspecified atom stereocenters. The summed E-state index contributed by atoms with van der Waals surface area (Å²) in [5.74, 6) is 0.632. The van der Waals surface area contributed by atoms with E-state index < -0.39 is 10.0 Å². The summed E-state index contributed by atoms with van der Waals surface area (Å²) < 4.78 is 25.6. The van der Waals surface area contributed by atoms with Crippen LogP contribution in [0.3, 0.4) is 0 Å². The van der Waals surface area contributed by atoms with Gasteiger partial charge >= 0.3 is 0 Å². The summed E-state index contributed by atoms with van der Waals surface area (Å²) in [5, 5.41) is 0. The van der Waals surface area contributed by atoms with E-state index in [1.165, 1.54) is 4.31 Å². The predicted octanol–water partition coefficient (Wildman–Crippen LogP) is 2.26. The maximum absolute atomic E-state index is 12.1. The number of aromatic nitrogens is 1. The number of sulfonamides is 1. The van der Waals surface area contributed by atoms with Gasteiger partial charge in [0.25, 0.3) is 0 Å². The Morgan fingerprint density at radius 2 is 1.94 bits per heavy atom. The Balaban J connectivity index is 2.80. The van der Waals surface area contributed by atoms with Crippen LogP contribution in [0.1, 0.15) is 19.8 Å². The minimum atomic E-state index is -3.25. The molecule has 96 valence electrons. The average Bonchev–Trinajstić information content (AvgIpc) is 2.31. The molecule has 1 aromatic heterocycles. The summed E-state index contributed by atoms with van der Waals surface area (Å²) in [5.41, 5.74) is 0.661. The number of pyridine rings is 1. The van der Waals surface area contributed by atoms with Crippen molar-refractivity contribution in [3.8, 4) is 0 Å². The van der Waals surface area contributed by atoms with Crippen molar-refractivity contribution in [3.05, 3.63) is 24.5 Å². The molecule has 0 bridgehead atoms. The number of hydrogen-bond acceptors (Lipinski definition) is 3. The molecular weight excluding hydrogens is 260 g/mol. The number of anilines is 1. The topological polar surface area (TPSA) is 50.3 Å². The Morgan fingerprint density at radius 3 is 2.47 bits per heavy atom. The summed E-state index contributed by atoms with van der Waals surface area (Å²) >= 11 is 5.54. The largest absolute Gasteiger partial charge is 0.270 e. The lowest BCUT2D eigenvalue weighted by Gasteiger charge is -2.22. The van der Waals surface area contributed by atoms with Crippen molar-refractivity contribution in [1.29, 1.82) is 0 Å². The molecule has 4 nitrogen and oxygen atoms in total. The molecule has 0 aliphatic heterocycles. The summed E-state index contributed by atoms with van der Waals surface area (Å²) in [6.45, 7) is 2.24. The fourth-order valence-electron chi connectivity index (χ4n) is 1.54. The van der Waals surface area contributed by atoms with Crippen LogP contribution in [-0.4, -0.2) is 31.6 Å². The third kappa shape index (κ3) is 4.16. The van der Waals surface area contributed by atoms with Crippen molar-refractivity contribution >= 4 is 27.3 Å². The van der Waals surface area contributed by atoms with Gasteiger partial charge in [-0.15, -0.1) is 11.6 Å². The number of halogens is 1. The Labute approximate surface area is 108 Å². The second-order valence-electron chi connectivity index (χ2n) is 3.58. The standard InChI is InChI=1S/C11H17ClN2O2S/c1-2-14(11-5-8-13-9-6-11)17(15,16)10-4-3-7-12/h5-6,8-9H,2-4,7,10H2,1H3. The molecule has 6 heteroatoms. The minimum absolute atomic E-state index is 0.135. The SMILES string of the molecule is CCN(c1ccncc1)S(=O)(=O)CCCCCl. The molecule has 0 aliphatic carbocycles. The van der Waals surface area contributed by atoms with Crippen LogP contribution in [0.15, 0.2) is 24.5 Å². The Kier molecular flexibility index (Phi) is 5.71. The molecule has 0 radical (unpaired) electrons. The van der Waals surface area contributed by atoms with E-state index in [0.717, 1.165) is 0 Å². The lowest BCUT2D eigenvalue weighted by atomic mass is 10.4. The highest BCUT2D eigenvalue weighted by Crippen LogP contribution is 2.17. The van der Waals surface area contributed by atoms with Gasteiger partial charge in [0.1, 0.15) is 0 Å². The van der Waals surface area contributed by atoms with Crippen LogP contribution >= 0.6 is 11.6 Å². The van der Waals surface area contributed by atoms with Gasteiger partial charge in [0.05, 0.1) is 11.4 Å². The number of alkyl halides is 1. The lowest BCUT2D eigenvalue weighted by molar-refractivity contribution is 0.588. The highest BCUT2D eigenvalue weighted by molar-refractivity contribution is 7.92. The molecule has 17 heavy (non-hydrogen) atoms. The Bertz CT molecular complexity index is 422. The summed E-state index contributed by atoms with van der Waals surface area (Å²) in [6.07, 6.45) is 4.49. The molecule has 0 N–H and O–H groups in total. The van der Waals surface area contributed by atoms with Crippen LogP contribution in [0.4, 0.5) is 5.69 Å².